The zero-order valence-electron chi connectivity index (χ0n) is 15.8. The van der Waals surface area contributed by atoms with E-state index in [1.807, 2.05) is 24.3 Å². The van der Waals surface area contributed by atoms with Crippen molar-refractivity contribution in [3.8, 4) is 0 Å². The quantitative estimate of drug-likeness (QED) is 0.800. The SMILES string of the molecule is CN1c2ccccc2C(OCCN2CCCCC2)c2cn(C)nc2S1(=O)=O. The van der Waals surface area contributed by atoms with Crippen molar-refractivity contribution >= 4 is 15.7 Å². The maximum atomic E-state index is 13.1. The fourth-order valence-corrected chi connectivity index (χ4v) is 5.33. The van der Waals surface area contributed by atoms with Gasteiger partial charge in [0.05, 0.1) is 12.3 Å². The van der Waals surface area contributed by atoms with Crippen LogP contribution < -0.4 is 4.31 Å². The summed E-state index contributed by atoms with van der Waals surface area (Å²) >= 11 is 0. The first-order valence-electron chi connectivity index (χ1n) is 9.44. The fraction of sp³-hybridized carbons (Fsp3) is 0.526. The first-order chi connectivity index (χ1) is 13.0. The van der Waals surface area contributed by atoms with Gasteiger partial charge in [-0.25, -0.2) is 0 Å². The Morgan fingerprint density at radius 1 is 1.11 bits per heavy atom. The molecule has 0 aliphatic carbocycles. The molecule has 0 N–H and O–H groups in total. The summed E-state index contributed by atoms with van der Waals surface area (Å²) in [5.41, 5.74) is 2.10. The lowest BCUT2D eigenvalue weighted by Gasteiger charge is -2.27. The number of aromatic nitrogens is 2. The second-order valence-corrected chi connectivity index (χ2v) is 9.13. The van der Waals surface area contributed by atoms with Gasteiger partial charge >= 0.3 is 0 Å². The van der Waals surface area contributed by atoms with Gasteiger partial charge in [0.25, 0.3) is 10.0 Å². The molecular formula is C19H26N4O3S. The Bertz CT molecular complexity index is 919. The zero-order valence-corrected chi connectivity index (χ0v) is 16.7. The number of hydrogen-bond acceptors (Lipinski definition) is 5. The van der Waals surface area contributed by atoms with Gasteiger partial charge in [-0.2, -0.15) is 13.5 Å². The number of piperidine rings is 1. The van der Waals surface area contributed by atoms with Gasteiger partial charge in [-0.05, 0) is 32.0 Å². The van der Waals surface area contributed by atoms with Crippen LogP contribution in [0.15, 0.2) is 35.5 Å². The molecule has 0 spiro atoms. The molecule has 146 valence electrons. The van der Waals surface area contributed by atoms with E-state index in [0.29, 0.717) is 17.9 Å². The molecule has 1 fully saturated rings. The van der Waals surface area contributed by atoms with Gasteiger partial charge in [0.1, 0.15) is 6.10 Å². The fourth-order valence-electron chi connectivity index (χ4n) is 3.95. The molecule has 1 aromatic heterocycles. The summed E-state index contributed by atoms with van der Waals surface area (Å²) in [5, 5.41) is 4.32. The van der Waals surface area contributed by atoms with Crippen molar-refractivity contribution in [2.45, 2.75) is 30.4 Å². The Morgan fingerprint density at radius 3 is 2.63 bits per heavy atom. The summed E-state index contributed by atoms with van der Waals surface area (Å²) in [5.74, 6) is 0. The predicted octanol–water partition coefficient (Wildman–Crippen LogP) is 2.15. The first-order valence-corrected chi connectivity index (χ1v) is 10.9. The maximum absolute atomic E-state index is 13.1. The monoisotopic (exact) mass is 390 g/mol. The number of aryl methyl sites for hydroxylation is 1. The number of benzene rings is 1. The minimum absolute atomic E-state index is 0.0756. The number of anilines is 1. The molecule has 0 amide bonds. The van der Waals surface area contributed by atoms with Gasteiger partial charge < -0.3 is 9.64 Å². The normalized spacial score (nSPS) is 22.1. The Morgan fingerprint density at radius 2 is 1.85 bits per heavy atom. The number of para-hydroxylation sites is 1. The molecule has 4 rings (SSSR count). The van der Waals surface area contributed by atoms with E-state index in [0.717, 1.165) is 25.2 Å². The average molecular weight is 391 g/mol. The average Bonchev–Trinajstić information content (AvgIpc) is 3.05. The summed E-state index contributed by atoms with van der Waals surface area (Å²) in [6.45, 7) is 3.63. The molecule has 0 radical (unpaired) electrons. The van der Waals surface area contributed by atoms with E-state index in [2.05, 4.69) is 10.00 Å². The number of rotatable bonds is 4. The lowest BCUT2D eigenvalue weighted by molar-refractivity contribution is 0.0548. The van der Waals surface area contributed by atoms with Gasteiger partial charge in [0, 0.05) is 38.0 Å². The van der Waals surface area contributed by atoms with Crippen LogP contribution in [-0.2, 0) is 21.8 Å². The Labute approximate surface area is 160 Å². The van der Waals surface area contributed by atoms with Crippen LogP contribution in [-0.4, -0.2) is 56.4 Å². The van der Waals surface area contributed by atoms with Crippen molar-refractivity contribution in [3.63, 3.8) is 0 Å². The minimum atomic E-state index is -3.72. The first kappa shape index (κ1) is 18.5. The molecule has 1 aromatic carbocycles. The van der Waals surface area contributed by atoms with Gasteiger partial charge in [0.15, 0.2) is 0 Å². The van der Waals surface area contributed by atoms with E-state index in [1.165, 1.54) is 23.6 Å². The smallest absolute Gasteiger partial charge is 0.283 e. The van der Waals surface area contributed by atoms with E-state index < -0.39 is 16.1 Å². The van der Waals surface area contributed by atoms with Crippen molar-refractivity contribution in [1.82, 2.24) is 14.7 Å². The Balaban J connectivity index is 1.68. The topological polar surface area (TPSA) is 67.7 Å². The summed E-state index contributed by atoms with van der Waals surface area (Å²) in [6.07, 6.45) is 5.09. The number of ether oxygens (including phenoxy) is 1. The van der Waals surface area contributed by atoms with Crippen LogP contribution in [0.2, 0.25) is 0 Å². The van der Waals surface area contributed by atoms with E-state index in [9.17, 15) is 8.42 Å². The van der Waals surface area contributed by atoms with Crippen LogP contribution in [0, 0.1) is 0 Å². The predicted molar refractivity (Wildman–Crippen MR) is 103 cm³/mol. The third kappa shape index (κ3) is 3.37. The lowest BCUT2D eigenvalue weighted by Crippen LogP contribution is -2.33. The Hall–Kier alpha value is -1.90. The molecule has 3 heterocycles. The molecule has 0 saturated carbocycles. The standard InChI is InChI=1S/C19H26N4O3S/c1-21-14-16-18(26-13-12-23-10-6-3-7-11-23)15-8-4-5-9-17(15)22(2)27(24,25)19(16)20-21/h4-5,8-9,14,18H,3,6-7,10-13H2,1-2H3. The van der Waals surface area contributed by atoms with Crippen molar-refractivity contribution in [1.29, 1.82) is 0 Å². The number of fused-ring (bicyclic) bond motifs is 2. The van der Waals surface area contributed by atoms with Gasteiger partial charge in [0.2, 0.25) is 5.03 Å². The lowest BCUT2D eigenvalue weighted by atomic mass is 10.0. The van der Waals surface area contributed by atoms with Crippen molar-refractivity contribution in [3.05, 3.63) is 41.6 Å². The number of likely N-dealkylation sites (tertiary alicyclic amines) is 1. The van der Waals surface area contributed by atoms with Crippen LogP contribution >= 0.6 is 0 Å². The zero-order chi connectivity index (χ0) is 19.0. The van der Waals surface area contributed by atoms with Crippen molar-refractivity contribution < 1.29 is 13.2 Å². The van der Waals surface area contributed by atoms with Gasteiger partial charge in [-0.3, -0.25) is 8.99 Å². The molecule has 8 heteroatoms. The largest absolute Gasteiger partial charge is 0.367 e. The van der Waals surface area contributed by atoms with E-state index in [-0.39, 0.29) is 5.03 Å². The number of sulfonamides is 1. The second kappa shape index (κ2) is 7.26. The molecule has 2 aromatic rings. The Kier molecular flexibility index (Phi) is 4.96. The highest BCUT2D eigenvalue weighted by Gasteiger charge is 2.38. The summed E-state index contributed by atoms with van der Waals surface area (Å²) in [7, 11) is -0.408. The molecule has 1 atom stereocenters. The third-order valence-electron chi connectivity index (χ3n) is 5.41. The molecule has 1 saturated heterocycles. The van der Waals surface area contributed by atoms with Crippen LogP contribution in [0.25, 0.3) is 0 Å². The summed E-state index contributed by atoms with van der Waals surface area (Å²) in [4.78, 5) is 2.42. The molecule has 27 heavy (non-hydrogen) atoms. The molecule has 7 nitrogen and oxygen atoms in total. The van der Waals surface area contributed by atoms with Gasteiger partial charge in [-0.15, -0.1) is 0 Å². The molecule has 2 aliphatic heterocycles. The number of nitrogens with zero attached hydrogens (tertiary/aromatic N) is 4. The van der Waals surface area contributed by atoms with Crippen LogP contribution in [0.4, 0.5) is 5.69 Å². The maximum Gasteiger partial charge on any atom is 0.283 e. The van der Waals surface area contributed by atoms with Gasteiger partial charge in [-0.1, -0.05) is 24.6 Å². The van der Waals surface area contributed by atoms with E-state index in [4.69, 9.17) is 4.74 Å². The highest BCUT2D eigenvalue weighted by atomic mass is 32.2. The van der Waals surface area contributed by atoms with Crippen molar-refractivity contribution in [2.24, 2.45) is 7.05 Å². The van der Waals surface area contributed by atoms with Crippen LogP contribution in [0.1, 0.15) is 36.5 Å². The molecular weight excluding hydrogens is 364 g/mol. The molecule has 2 aliphatic rings. The van der Waals surface area contributed by atoms with E-state index in [1.54, 1.807) is 25.0 Å². The summed E-state index contributed by atoms with van der Waals surface area (Å²) in [6, 6.07) is 7.52. The third-order valence-corrected chi connectivity index (χ3v) is 7.13. The second-order valence-electron chi connectivity index (χ2n) is 7.25. The summed E-state index contributed by atoms with van der Waals surface area (Å²) < 4.78 is 35.2. The molecule has 1 unspecified atom stereocenters. The van der Waals surface area contributed by atoms with Crippen LogP contribution in [0.3, 0.4) is 0 Å². The van der Waals surface area contributed by atoms with Crippen molar-refractivity contribution in [2.75, 3.05) is 37.6 Å². The number of hydrogen-bond donors (Lipinski definition) is 0. The highest BCUT2D eigenvalue weighted by molar-refractivity contribution is 7.92. The van der Waals surface area contributed by atoms with Crippen LogP contribution in [0.5, 0.6) is 0 Å². The molecule has 0 bridgehead atoms. The van der Waals surface area contributed by atoms with E-state index >= 15 is 0 Å². The highest BCUT2D eigenvalue weighted by Crippen LogP contribution is 2.41. The minimum Gasteiger partial charge on any atom is -0.367 e.